The average Bonchev–Trinajstić information content (AvgIpc) is 3.35. The molecule has 39 heavy (non-hydrogen) atoms. The lowest BCUT2D eigenvalue weighted by Gasteiger charge is -2.32. The Hall–Kier alpha value is -4.56. The first-order valence-electron chi connectivity index (χ1n) is 13.7. The van der Waals surface area contributed by atoms with Gasteiger partial charge in [0.2, 0.25) is 0 Å². The number of fused-ring (bicyclic) bond motifs is 3. The summed E-state index contributed by atoms with van der Waals surface area (Å²) in [5.74, 6) is 0. The number of anilines is 2. The topological polar surface area (TPSA) is 16.4 Å². The lowest BCUT2D eigenvalue weighted by molar-refractivity contribution is 0.669. The average molecular weight is 508 g/mol. The van der Waals surface area contributed by atoms with Gasteiger partial charge in [0.05, 0.1) is 0 Å². The minimum atomic E-state index is 0.286. The van der Waals surface area contributed by atoms with Crippen LogP contribution in [0.15, 0.2) is 126 Å². The minimum Gasteiger partial charge on any atom is -0.456 e. The van der Waals surface area contributed by atoms with Crippen LogP contribution in [0.25, 0.3) is 49.8 Å². The molecule has 0 aliphatic heterocycles. The van der Waals surface area contributed by atoms with Crippen LogP contribution < -0.4 is 4.90 Å². The molecular weight excluding hydrogens is 474 g/mol. The molecule has 0 spiro atoms. The van der Waals surface area contributed by atoms with E-state index < -0.39 is 0 Å². The van der Waals surface area contributed by atoms with E-state index in [-0.39, 0.29) is 6.04 Å². The largest absolute Gasteiger partial charge is 0.456 e. The summed E-state index contributed by atoms with van der Waals surface area (Å²) in [6.07, 6.45) is 2.20. The van der Waals surface area contributed by atoms with Gasteiger partial charge in [0.1, 0.15) is 11.2 Å². The smallest absolute Gasteiger partial charge is 0.136 e. The van der Waals surface area contributed by atoms with Crippen molar-refractivity contribution in [1.29, 1.82) is 0 Å². The maximum atomic E-state index is 6.14. The van der Waals surface area contributed by atoms with Crippen LogP contribution in [0.1, 0.15) is 33.3 Å². The Morgan fingerprint density at radius 3 is 2.00 bits per heavy atom. The first kappa shape index (κ1) is 24.8. The van der Waals surface area contributed by atoms with Gasteiger partial charge in [-0.05, 0) is 98.0 Å². The molecule has 2 nitrogen and oxygen atoms in total. The monoisotopic (exact) mass is 507 g/mol. The second-order valence-corrected chi connectivity index (χ2v) is 10.4. The first-order chi connectivity index (χ1) is 19.0. The fraction of sp³-hybridized carbons (Fsp3) is 0.135. The summed E-state index contributed by atoms with van der Waals surface area (Å²) in [6, 6.07) is 41.4. The van der Waals surface area contributed by atoms with E-state index in [0.29, 0.717) is 0 Å². The molecule has 0 aliphatic rings. The second-order valence-electron chi connectivity index (χ2n) is 10.4. The first-order valence-corrected chi connectivity index (χ1v) is 13.7. The van der Waals surface area contributed by atoms with E-state index >= 15 is 0 Å². The predicted octanol–water partition coefficient (Wildman–Crippen LogP) is 10.9. The van der Waals surface area contributed by atoms with Crippen molar-refractivity contribution >= 4 is 38.9 Å². The van der Waals surface area contributed by atoms with Crippen molar-refractivity contribution in [1.82, 2.24) is 0 Å². The summed E-state index contributed by atoms with van der Waals surface area (Å²) in [6.45, 7) is 8.82. The summed E-state index contributed by atoms with van der Waals surface area (Å²) in [4.78, 5) is 2.43. The van der Waals surface area contributed by atoms with Crippen LogP contribution in [-0.2, 0) is 0 Å². The van der Waals surface area contributed by atoms with Crippen LogP contribution in [0, 0.1) is 0 Å². The van der Waals surface area contributed by atoms with Gasteiger partial charge in [0.25, 0.3) is 0 Å². The summed E-state index contributed by atoms with van der Waals surface area (Å²) < 4.78 is 6.14. The van der Waals surface area contributed by atoms with E-state index in [1.165, 1.54) is 39.2 Å². The molecular formula is C37H33NO. The number of para-hydroxylation sites is 1. The maximum Gasteiger partial charge on any atom is 0.136 e. The van der Waals surface area contributed by atoms with Crippen LogP contribution in [0.4, 0.5) is 11.4 Å². The Balaban J connectivity index is 1.38. The summed E-state index contributed by atoms with van der Waals surface area (Å²) in [7, 11) is 0. The summed E-state index contributed by atoms with van der Waals surface area (Å²) in [5, 5.41) is 2.32. The Kier molecular flexibility index (Phi) is 6.54. The fourth-order valence-electron chi connectivity index (χ4n) is 5.46. The highest BCUT2D eigenvalue weighted by Crippen LogP contribution is 2.38. The molecule has 192 valence electrons. The minimum absolute atomic E-state index is 0.286. The molecule has 6 aromatic rings. The van der Waals surface area contributed by atoms with E-state index in [2.05, 4.69) is 142 Å². The number of allylic oxidation sites excluding steroid dienone is 2. The number of benzene rings is 5. The highest BCUT2D eigenvalue weighted by molar-refractivity contribution is 6.05. The van der Waals surface area contributed by atoms with E-state index in [1.807, 2.05) is 12.1 Å². The van der Waals surface area contributed by atoms with Gasteiger partial charge in [0.15, 0.2) is 0 Å². The molecule has 5 aromatic carbocycles. The molecule has 0 fully saturated rings. The molecule has 0 bridgehead atoms. The van der Waals surface area contributed by atoms with Gasteiger partial charge in [-0.15, -0.1) is 0 Å². The molecule has 0 aliphatic carbocycles. The highest BCUT2D eigenvalue weighted by Gasteiger charge is 2.19. The standard InChI is InChI=1S/C37H33NO/c1-5-26(4)34-23-29(27-11-7-6-8-12-27)18-22-35(34)38(25(2)3)31-19-15-28(16-20-31)30-17-21-33-32-13-9-10-14-36(32)39-37(33)24-30/h5-25H,1-4H3/b26-5+. The fourth-order valence-corrected chi connectivity index (χ4v) is 5.46. The second kappa shape index (κ2) is 10.3. The number of hydrogen-bond donors (Lipinski definition) is 0. The van der Waals surface area contributed by atoms with E-state index in [4.69, 9.17) is 4.42 Å². The third-order valence-electron chi connectivity index (χ3n) is 7.60. The van der Waals surface area contributed by atoms with Crippen molar-refractivity contribution in [3.63, 3.8) is 0 Å². The molecule has 2 heteroatoms. The van der Waals surface area contributed by atoms with Crippen molar-refractivity contribution in [3.8, 4) is 22.3 Å². The van der Waals surface area contributed by atoms with Gasteiger partial charge >= 0.3 is 0 Å². The molecule has 1 heterocycles. The van der Waals surface area contributed by atoms with Crippen LogP contribution in [0.5, 0.6) is 0 Å². The van der Waals surface area contributed by atoms with E-state index in [1.54, 1.807) is 0 Å². The number of rotatable bonds is 6. The van der Waals surface area contributed by atoms with Crippen LogP contribution in [-0.4, -0.2) is 6.04 Å². The zero-order valence-electron chi connectivity index (χ0n) is 23.0. The Labute approximate surface area is 230 Å². The lowest BCUT2D eigenvalue weighted by Crippen LogP contribution is -2.26. The summed E-state index contributed by atoms with van der Waals surface area (Å²) in [5.41, 5.74) is 11.6. The molecule has 0 saturated carbocycles. The van der Waals surface area contributed by atoms with Gasteiger partial charge in [-0.2, -0.15) is 0 Å². The van der Waals surface area contributed by atoms with Crippen LogP contribution in [0.2, 0.25) is 0 Å². The summed E-state index contributed by atoms with van der Waals surface area (Å²) >= 11 is 0. The third kappa shape index (κ3) is 4.64. The molecule has 0 atom stereocenters. The van der Waals surface area contributed by atoms with Crippen LogP contribution >= 0.6 is 0 Å². The molecule has 1 aromatic heterocycles. The molecule has 0 saturated heterocycles. The number of nitrogens with zero attached hydrogens (tertiary/aromatic N) is 1. The van der Waals surface area contributed by atoms with Gasteiger partial charge < -0.3 is 9.32 Å². The zero-order valence-corrected chi connectivity index (χ0v) is 23.0. The zero-order chi connectivity index (χ0) is 26.9. The van der Waals surface area contributed by atoms with Gasteiger partial charge in [0, 0.05) is 33.8 Å². The van der Waals surface area contributed by atoms with E-state index in [9.17, 15) is 0 Å². The Bertz CT molecular complexity index is 1790. The molecule has 6 rings (SSSR count). The quantitative estimate of drug-likeness (QED) is 0.223. The molecule has 0 radical (unpaired) electrons. The van der Waals surface area contributed by atoms with Crippen molar-refractivity contribution in [2.45, 2.75) is 33.7 Å². The van der Waals surface area contributed by atoms with Gasteiger partial charge in [-0.25, -0.2) is 0 Å². The Morgan fingerprint density at radius 2 is 1.26 bits per heavy atom. The van der Waals surface area contributed by atoms with Crippen molar-refractivity contribution in [2.75, 3.05) is 4.90 Å². The van der Waals surface area contributed by atoms with Crippen molar-refractivity contribution in [2.24, 2.45) is 0 Å². The van der Waals surface area contributed by atoms with Crippen LogP contribution in [0.3, 0.4) is 0 Å². The SMILES string of the molecule is C/C=C(\C)c1cc(-c2ccccc2)ccc1N(c1ccc(-c2ccc3c(c2)oc2ccccc23)cc1)C(C)C. The number of furan rings is 1. The van der Waals surface area contributed by atoms with Crippen molar-refractivity contribution < 1.29 is 4.42 Å². The highest BCUT2D eigenvalue weighted by atomic mass is 16.3. The van der Waals surface area contributed by atoms with Gasteiger partial charge in [-0.1, -0.05) is 78.9 Å². The maximum absolute atomic E-state index is 6.14. The molecule has 0 unspecified atom stereocenters. The van der Waals surface area contributed by atoms with Gasteiger partial charge in [-0.3, -0.25) is 0 Å². The third-order valence-corrected chi connectivity index (χ3v) is 7.60. The normalized spacial score (nSPS) is 12.0. The molecule has 0 N–H and O–H groups in total. The van der Waals surface area contributed by atoms with Crippen molar-refractivity contribution in [3.05, 3.63) is 127 Å². The lowest BCUT2D eigenvalue weighted by atomic mass is 9.96. The Morgan fingerprint density at radius 1 is 0.641 bits per heavy atom. The predicted molar refractivity (Wildman–Crippen MR) is 168 cm³/mol. The molecule has 0 amide bonds. The number of hydrogen-bond acceptors (Lipinski definition) is 2. The van der Waals surface area contributed by atoms with E-state index in [0.717, 1.165) is 27.5 Å².